The predicted octanol–water partition coefficient (Wildman–Crippen LogP) is -0.307. The van der Waals surface area contributed by atoms with Crippen molar-refractivity contribution in [3.05, 3.63) is 30.2 Å². The summed E-state index contributed by atoms with van der Waals surface area (Å²) in [4.78, 5) is 11.5. The first-order valence-corrected chi connectivity index (χ1v) is 5.41. The first kappa shape index (κ1) is 12.8. The smallest absolute Gasteiger partial charge is 0.342 e. The van der Waals surface area contributed by atoms with E-state index in [1.807, 2.05) is 0 Å². The fraction of sp³-hybridized carbons (Fsp3) is 0.417. The molecule has 6 heteroatoms. The van der Waals surface area contributed by atoms with Crippen LogP contribution in [0.3, 0.4) is 0 Å². The molecule has 6 nitrogen and oxygen atoms in total. The summed E-state index contributed by atoms with van der Waals surface area (Å²) >= 11 is 0. The molecule has 0 saturated heterocycles. The van der Waals surface area contributed by atoms with E-state index in [0.29, 0.717) is 0 Å². The van der Waals surface area contributed by atoms with Crippen LogP contribution in [0.15, 0.2) is 28.9 Å². The van der Waals surface area contributed by atoms with Crippen LogP contribution in [0, 0.1) is 0 Å². The van der Waals surface area contributed by atoms with Gasteiger partial charge in [0.2, 0.25) is 0 Å². The Balaban J connectivity index is 2.45. The van der Waals surface area contributed by atoms with Crippen LogP contribution in [-0.2, 0) is 9.53 Å². The van der Waals surface area contributed by atoms with Crippen molar-refractivity contribution in [1.82, 2.24) is 0 Å². The van der Waals surface area contributed by atoms with Gasteiger partial charge in [-0.1, -0.05) is 0 Å². The van der Waals surface area contributed by atoms with Crippen molar-refractivity contribution in [3.8, 4) is 0 Å². The van der Waals surface area contributed by atoms with Crippen molar-refractivity contribution in [2.75, 3.05) is 7.11 Å². The summed E-state index contributed by atoms with van der Waals surface area (Å²) in [5.74, 6) is -0.610. The van der Waals surface area contributed by atoms with E-state index in [1.165, 1.54) is 6.26 Å². The fourth-order valence-corrected chi connectivity index (χ4v) is 2.02. The molecular weight excluding hydrogens is 240 g/mol. The van der Waals surface area contributed by atoms with E-state index in [-0.39, 0.29) is 17.8 Å². The molecule has 1 aliphatic carbocycles. The lowest BCUT2D eigenvalue weighted by Gasteiger charge is -2.33. The number of methoxy groups -OCH3 is 1. The number of carbonyl (C=O) groups is 1. The highest BCUT2D eigenvalue weighted by Crippen LogP contribution is 2.34. The van der Waals surface area contributed by atoms with Crippen molar-refractivity contribution < 1.29 is 29.3 Å². The van der Waals surface area contributed by atoms with Gasteiger partial charge in [0, 0.05) is 12.0 Å². The molecule has 0 spiro atoms. The molecule has 0 radical (unpaired) electrons. The molecule has 1 aromatic rings. The first-order valence-electron chi connectivity index (χ1n) is 5.41. The van der Waals surface area contributed by atoms with Crippen LogP contribution in [-0.4, -0.2) is 46.2 Å². The first-order chi connectivity index (χ1) is 8.48. The van der Waals surface area contributed by atoms with Gasteiger partial charge in [0.15, 0.2) is 5.60 Å². The van der Waals surface area contributed by atoms with Gasteiger partial charge in [0.25, 0.3) is 0 Å². The maximum atomic E-state index is 11.5. The van der Waals surface area contributed by atoms with Gasteiger partial charge < -0.3 is 24.5 Å². The van der Waals surface area contributed by atoms with Gasteiger partial charge >= 0.3 is 5.97 Å². The van der Waals surface area contributed by atoms with Crippen molar-refractivity contribution in [3.63, 3.8) is 0 Å². The van der Waals surface area contributed by atoms with Crippen molar-refractivity contribution in [2.45, 2.75) is 24.2 Å². The molecule has 2 rings (SSSR count). The number of aliphatic hydroxyl groups excluding tert-OH is 2. The number of esters is 1. The Kier molecular flexibility index (Phi) is 3.25. The lowest BCUT2D eigenvalue weighted by molar-refractivity contribution is -0.161. The number of hydrogen-bond donors (Lipinski definition) is 3. The number of carbonyl (C=O) groups excluding carboxylic acids is 1. The van der Waals surface area contributed by atoms with Crippen LogP contribution in [0.2, 0.25) is 0 Å². The number of furan rings is 1. The number of hydrogen-bond acceptors (Lipinski definition) is 6. The number of rotatable bonds is 2. The second-order valence-corrected chi connectivity index (χ2v) is 4.21. The molecule has 0 aromatic carbocycles. The van der Waals surface area contributed by atoms with E-state index < -0.39 is 23.8 Å². The molecule has 18 heavy (non-hydrogen) atoms. The maximum absolute atomic E-state index is 11.5. The second-order valence-electron chi connectivity index (χ2n) is 4.21. The fourth-order valence-electron chi connectivity index (χ4n) is 2.02. The van der Waals surface area contributed by atoms with Gasteiger partial charge in [0.1, 0.15) is 11.9 Å². The Morgan fingerprint density at radius 3 is 2.83 bits per heavy atom. The monoisotopic (exact) mass is 254 g/mol. The third-order valence-electron chi connectivity index (χ3n) is 2.94. The third kappa shape index (κ3) is 2.05. The highest BCUT2D eigenvalue weighted by Gasteiger charge is 2.45. The molecule has 1 unspecified atom stereocenters. The molecule has 1 aromatic heterocycles. The maximum Gasteiger partial charge on any atom is 0.342 e. The van der Waals surface area contributed by atoms with Crippen LogP contribution < -0.4 is 0 Å². The largest absolute Gasteiger partial charge is 0.467 e. The molecular formula is C12H14O6. The molecule has 0 amide bonds. The number of ether oxygens (including phenoxy) is 1. The predicted molar refractivity (Wildman–Crippen MR) is 60.3 cm³/mol. The standard InChI is InChI=1S/C12H14O6/c1-17-11(15)12(16)5-7(9-3-2-4-18-9)10(14)8(13)6-12/h2-5,8,10,13-14,16H,6H2,1H3/t8?,10-,12+/m1/s1. The van der Waals surface area contributed by atoms with Crippen LogP contribution in [0.25, 0.3) is 5.57 Å². The van der Waals surface area contributed by atoms with Gasteiger partial charge in [0.05, 0.1) is 19.5 Å². The Morgan fingerprint density at radius 2 is 2.28 bits per heavy atom. The third-order valence-corrected chi connectivity index (χ3v) is 2.94. The van der Waals surface area contributed by atoms with Gasteiger partial charge in [-0.15, -0.1) is 0 Å². The van der Waals surface area contributed by atoms with Crippen LogP contribution in [0.5, 0.6) is 0 Å². The molecule has 1 heterocycles. The Hall–Kier alpha value is -1.63. The van der Waals surface area contributed by atoms with E-state index in [9.17, 15) is 20.1 Å². The van der Waals surface area contributed by atoms with Gasteiger partial charge in [-0.05, 0) is 18.2 Å². The van der Waals surface area contributed by atoms with Crippen LogP contribution in [0.1, 0.15) is 12.2 Å². The lowest BCUT2D eigenvalue weighted by atomic mass is 9.82. The lowest BCUT2D eigenvalue weighted by Crippen LogP contribution is -2.48. The number of aliphatic hydroxyl groups is 3. The summed E-state index contributed by atoms with van der Waals surface area (Å²) in [6.45, 7) is 0. The Morgan fingerprint density at radius 1 is 1.56 bits per heavy atom. The zero-order valence-corrected chi connectivity index (χ0v) is 9.74. The van der Waals surface area contributed by atoms with Gasteiger partial charge in [-0.25, -0.2) is 4.79 Å². The Bertz CT molecular complexity index is 463. The highest BCUT2D eigenvalue weighted by atomic mass is 16.5. The van der Waals surface area contributed by atoms with Crippen LogP contribution in [0.4, 0.5) is 0 Å². The van der Waals surface area contributed by atoms with Crippen molar-refractivity contribution in [2.24, 2.45) is 0 Å². The van der Waals surface area contributed by atoms with Crippen molar-refractivity contribution in [1.29, 1.82) is 0 Å². The minimum atomic E-state index is -1.96. The molecule has 98 valence electrons. The van der Waals surface area contributed by atoms with Crippen molar-refractivity contribution >= 4 is 11.5 Å². The molecule has 0 bridgehead atoms. The summed E-state index contributed by atoms with van der Waals surface area (Å²) in [6.07, 6.45) is -0.276. The summed E-state index contributed by atoms with van der Waals surface area (Å²) in [5.41, 5.74) is -1.80. The zero-order chi connectivity index (χ0) is 13.3. The average Bonchev–Trinajstić information content (AvgIpc) is 2.86. The average molecular weight is 254 g/mol. The van der Waals surface area contributed by atoms with Crippen LogP contribution >= 0.6 is 0 Å². The molecule has 3 atom stereocenters. The normalized spacial score (nSPS) is 31.9. The van der Waals surface area contributed by atoms with E-state index in [2.05, 4.69) is 4.74 Å². The van der Waals surface area contributed by atoms with E-state index >= 15 is 0 Å². The summed E-state index contributed by atoms with van der Waals surface area (Å²) in [5, 5.41) is 29.7. The summed E-state index contributed by atoms with van der Waals surface area (Å²) in [7, 11) is 1.14. The van der Waals surface area contributed by atoms with E-state index in [4.69, 9.17) is 4.42 Å². The molecule has 3 N–H and O–H groups in total. The molecule has 1 aliphatic rings. The second kappa shape index (κ2) is 4.56. The van der Waals surface area contributed by atoms with E-state index in [0.717, 1.165) is 13.2 Å². The van der Waals surface area contributed by atoms with Gasteiger partial charge in [-0.2, -0.15) is 0 Å². The minimum Gasteiger partial charge on any atom is -0.467 e. The van der Waals surface area contributed by atoms with Gasteiger partial charge in [-0.3, -0.25) is 0 Å². The minimum absolute atomic E-state index is 0.159. The molecule has 0 saturated carbocycles. The zero-order valence-electron chi connectivity index (χ0n) is 9.74. The SMILES string of the molecule is COC(=O)[C@]1(O)C=C(c2ccco2)[C@@H](O)C(O)C1. The Labute approximate surface area is 103 Å². The quantitative estimate of drug-likeness (QED) is 0.626. The molecule has 0 fully saturated rings. The topological polar surface area (TPSA) is 100 Å². The van der Waals surface area contributed by atoms with E-state index in [1.54, 1.807) is 12.1 Å². The molecule has 0 aliphatic heterocycles. The summed E-state index contributed by atoms with van der Waals surface area (Å²) < 4.78 is 9.58. The summed E-state index contributed by atoms with van der Waals surface area (Å²) in [6, 6.07) is 3.16. The highest BCUT2D eigenvalue weighted by molar-refractivity contribution is 5.86.